The molecule has 0 saturated carbocycles. The number of alkyl halides is 4. The quantitative estimate of drug-likeness (QED) is 0.883. The van der Waals surface area contributed by atoms with E-state index in [-0.39, 0.29) is 10.9 Å². The second kappa shape index (κ2) is 4.68. The Bertz CT molecular complexity index is 809. The lowest BCUT2D eigenvalue weighted by Gasteiger charge is -2.15. The van der Waals surface area contributed by atoms with Gasteiger partial charge in [0.05, 0.1) is 5.56 Å². The van der Waals surface area contributed by atoms with Crippen LogP contribution >= 0.6 is 11.6 Å². The van der Waals surface area contributed by atoms with Gasteiger partial charge in [0.1, 0.15) is 6.07 Å². The molecule has 0 aliphatic heterocycles. The number of hydrogen-bond acceptors (Lipinski definition) is 3. The first-order chi connectivity index (χ1) is 9.23. The summed E-state index contributed by atoms with van der Waals surface area (Å²) in [5.74, 6) is 0. The Morgan fingerprint density at radius 3 is 2.50 bits per heavy atom. The summed E-state index contributed by atoms with van der Waals surface area (Å²) in [4.78, 5) is 2.20. The molecule has 1 atom stereocenters. The second-order valence-corrected chi connectivity index (χ2v) is 6.20. The van der Waals surface area contributed by atoms with Gasteiger partial charge in [-0.2, -0.15) is 14.0 Å². The Hall–Kier alpha value is -1.72. The summed E-state index contributed by atoms with van der Waals surface area (Å²) in [7, 11) is -5.46. The van der Waals surface area contributed by atoms with Gasteiger partial charge in [-0.3, -0.25) is 0 Å². The largest absolute Gasteiger partial charge is 0.395 e. The third-order valence-electron chi connectivity index (χ3n) is 2.66. The molecular formula is C11H6ClF3N2O2S. The van der Waals surface area contributed by atoms with E-state index in [1.165, 1.54) is 30.3 Å². The zero-order valence-electron chi connectivity index (χ0n) is 9.57. The Labute approximate surface area is 116 Å². The lowest BCUT2D eigenvalue weighted by atomic mass is 10.2. The van der Waals surface area contributed by atoms with E-state index in [9.17, 15) is 21.6 Å². The molecule has 0 bridgehead atoms. The lowest BCUT2D eigenvalue weighted by molar-refractivity contribution is 0.0421. The molecule has 0 aliphatic carbocycles. The fourth-order valence-corrected chi connectivity index (χ4v) is 3.21. The van der Waals surface area contributed by atoms with Crippen LogP contribution in [0.1, 0.15) is 5.56 Å². The van der Waals surface area contributed by atoms with Gasteiger partial charge in [0.2, 0.25) is 0 Å². The van der Waals surface area contributed by atoms with Crippen LogP contribution in [0.3, 0.4) is 0 Å². The van der Waals surface area contributed by atoms with E-state index in [1.54, 1.807) is 0 Å². The molecular weight excluding hydrogens is 317 g/mol. The summed E-state index contributed by atoms with van der Waals surface area (Å²) in [6.45, 7) is 0. The number of aromatic amines is 1. The molecule has 2 rings (SSSR count). The number of rotatable bonds is 3. The van der Waals surface area contributed by atoms with Crippen LogP contribution in [0, 0.1) is 11.3 Å². The van der Waals surface area contributed by atoms with Crippen LogP contribution in [0.25, 0.3) is 10.9 Å². The third kappa shape index (κ3) is 1.94. The van der Waals surface area contributed by atoms with Crippen molar-refractivity contribution in [2.45, 2.75) is 15.9 Å². The molecule has 0 amide bonds. The monoisotopic (exact) mass is 322 g/mol. The van der Waals surface area contributed by atoms with Crippen LogP contribution in [0.4, 0.5) is 13.2 Å². The van der Waals surface area contributed by atoms with Gasteiger partial charge in [-0.05, 0) is 6.07 Å². The molecule has 20 heavy (non-hydrogen) atoms. The van der Waals surface area contributed by atoms with Crippen LogP contribution in [-0.2, 0) is 9.84 Å². The molecule has 1 aromatic heterocycles. The summed E-state index contributed by atoms with van der Waals surface area (Å²) in [6.07, 6.45) is 0. The maximum absolute atomic E-state index is 13.4. The standard InChI is InChI=1S/C11H6ClF3N2O2S/c12-10(13)11(14,15)20(18,19)9-7(5-16)6-3-1-2-4-8(6)17-9/h1-4,10,17H. The number of nitriles is 1. The molecule has 0 radical (unpaired) electrons. The SMILES string of the molecule is N#Cc1c(S(=O)(=O)C(F)(F)C(F)Cl)[nH]c2ccccc12. The highest BCUT2D eigenvalue weighted by atomic mass is 35.5. The number of fused-ring (bicyclic) bond motifs is 1. The van der Waals surface area contributed by atoms with E-state index >= 15 is 0 Å². The number of aromatic nitrogens is 1. The highest BCUT2D eigenvalue weighted by molar-refractivity contribution is 7.92. The highest BCUT2D eigenvalue weighted by Crippen LogP contribution is 2.38. The normalized spacial score (nSPS) is 14.2. The van der Waals surface area contributed by atoms with Gasteiger partial charge in [-0.25, -0.2) is 12.8 Å². The van der Waals surface area contributed by atoms with E-state index in [2.05, 4.69) is 16.6 Å². The number of nitrogens with zero attached hydrogens (tertiary/aromatic N) is 1. The van der Waals surface area contributed by atoms with Crippen LogP contribution in [-0.4, -0.2) is 24.3 Å². The Morgan fingerprint density at radius 1 is 1.35 bits per heavy atom. The predicted octanol–water partition coefficient (Wildman–Crippen LogP) is 2.94. The molecule has 1 N–H and O–H groups in total. The van der Waals surface area contributed by atoms with E-state index in [0.717, 1.165) is 0 Å². The molecule has 0 spiro atoms. The van der Waals surface area contributed by atoms with Crippen molar-refractivity contribution >= 4 is 32.3 Å². The minimum absolute atomic E-state index is 0.148. The summed E-state index contributed by atoms with van der Waals surface area (Å²) >= 11 is 4.61. The van der Waals surface area contributed by atoms with Gasteiger partial charge >= 0.3 is 5.25 Å². The maximum atomic E-state index is 13.4. The van der Waals surface area contributed by atoms with E-state index < -0.39 is 31.3 Å². The molecule has 0 saturated heterocycles. The smallest absolute Gasteiger partial charge is 0.344 e. The molecule has 1 heterocycles. The highest BCUT2D eigenvalue weighted by Gasteiger charge is 2.55. The molecule has 4 nitrogen and oxygen atoms in total. The van der Waals surface area contributed by atoms with Crippen molar-refractivity contribution in [1.82, 2.24) is 4.98 Å². The third-order valence-corrected chi connectivity index (χ3v) is 4.84. The summed E-state index contributed by atoms with van der Waals surface area (Å²) in [5.41, 5.74) is -3.76. The van der Waals surface area contributed by atoms with Crippen molar-refractivity contribution < 1.29 is 21.6 Å². The molecule has 1 aromatic carbocycles. The summed E-state index contributed by atoms with van der Waals surface area (Å²) in [5, 5.41) is 3.22. The number of nitrogens with one attached hydrogen (secondary N) is 1. The Kier molecular flexibility index (Phi) is 3.44. The van der Waals surface area contributed by atoms with Crippen molar-refractivity contribution in [1.29, 1.82) is 5.26 Å². The van der Waals surface area contributed by atoms with Crippen molar-refractivity contribution in [3.05, 3.63) is 29.8 Å². The van der Waals surface area contributed by atoms with Gasteiger partial charge in [-0.1, -0.05) is 29.8 Å². The van der Waals surface area contributed by atoms with Gasteiger partial charge in [0.25, 0.3) is 15.5 Å². The van der Waals surface area contributed by atoms with Gasteiger partial charge in [-0.15, -0.1) is 0 Å². The number of hydrogen-bond donors (Lipinski definition) is 1. The Balaban J connectivity index is 2.80. The number of para-hydroxylation sites is 1. The average Bonchev–Trinajstić information content (AvgIpc) is 2.77. The zero-order valence-corrected chi connectivity index (χ0v) is 11.1. The Morgan fingerprint density at radius 2 is 1.95 bits per heavy atom. The zero-order chi connectivity index (χ0) is 15.1. The van der Waals surface area contributed by atoms with E-state index in [4.69, 9.17) is 5.26 Å². The van der Waals surface area contributed by atoms with Crippen molar-refractivity contribution in [2.75, 3.05) is 0 Å². The number of sulfone groups is 1. The molecule has 0 aliphatic rings. The number of H-pyrrole nitrogens is 1. The fourth-order valence-electron chi connectivity index (χ4n) is 1.68. The second-order valence-electron chi connectivity index (χ2n) is 3.85. The van der Waals surface area contributed by atoms with Gasteiger partial charge < -0.3 is 4.98 Å². The summed E-state index contributed by atoms with van der Waals surface area (Å²) < 4.78 is 63.1. The minimum atomic E-state index is -5.46. The molecule has 9 heteroatoms. The predicted molar refractivity (Wildman–Crippen MR) is 65.9 cm³/mol. The molecule has 106 valence electrons. The first-order valence-corrected chi connectivity index (χ1v) is 7.07. The van der Waals surface area contributed by atoms with Crippen molar-refractivity contribution in [2.24, 2.45) is 0 Å². The topological polar surface area (TPSA) is 73.7 Å². The fraction of sp³-hybridized carbons (Fsp3) is 0.182. The van der Waals surface area contributed by atoms with Crippen LogP contribution in [0.15, 0.2) is 29.3 Å². The van der Waals surface area contributed by atoms with Crippen LogP contribution in [0.5, 0.6) is 0 Å². The number of halogens is 4. The molecule has 2 aromatic rings. The first kappa shape index (κ1) is 14.7. The molecule has 0 fully saturated rings. The maximum Gasteiger partial charge on any atom is 0.395 e. The van der Waals surface area contributed by atoms with Gasteiger partial charge in [0, 0.05) is 10.9 Å². The van der Waals surface area contributed by atoms with Crippen molar-refractivity contribution in [3.8, 4) is 6.07 Å². The average molecular weight is 323 g/mol. The van der Waals surface area contributed by atoms with Gasteiger partial charge in [0.15, 0.2) is 5.03 Å². The van der Waals surface area contributed by atoms with Crippen LogP contribution in [0.2, 0.25) is 0 Å². The van der Waals surface area contributed by atoms with E-state index in [0.29, 0.717) is 0 Å². The lowest BCUT2D eigenvalue weighted by Crippen LogP contribution is -2.36. The summed E-state index contributed by atoms with van der Waals surface area (Å²) in [6, 6.07) is 7.34. The first-order valence-electron chi connectivity index (χ1n) is 5.15. The molecule has 1 unspecified atom stereocenters. The number of benzene rings is 1. The van der Waals surface area contributed by atoms with Crippen molar-refractivity contribution in [3.63, 3.8) is 0 Å². The minimum Gasteiger partial charge on any atom is -0.344 e. The van der Waals surface area contributed by atoms with Crippen LogP contribution < -0.4 is 0 Å². The van der Waals surface area contributed by atoms with E-state index in [1.807, 2.05) is 0 Å².